The fourth-order valence-electron chi connectivity index (χ4n) is 2.38. The van der Waals surface area contributed by atoms with E-state index in [1.54, 1.807) is 69.3 Å². The van der Waals surface area contributed by atoms with Crippen molar-refractivity contribution in [3.05, 3.63) is 59.7 Å². The summed E-state index contributed by atoms with van der Waals surface area (Å²) in [6, 6.07) is 14.8. The van der Waals surface area contributed by atoms with Crippen LogP contribution in [0.3, 0.4) is 0 Å². The molecule has 0 spiro atoms. The number of rotatable bonds is 7. The number of para-hydroxylation sites is 1. The highest BCUT2D eigenvalue weighted by atomic mass is 16.6. The molecule has 0 saturated carbocycles. The van der Waals surface area contributed by atoms with E-state index in [0.29, 0.717) is 16.8 Å². The average molecular weight is 408 g/mol. The molecule has 2 aromatic rings. The third-order valence-electron chi connectivity index (χ3n) is 4.14. The summed E-state index contributed by atoms with van der Waals surface area (Å²) in [5, 5.41) is 11.8. The molecule has 0 aromatic heterocycles. The van der Waals surface area contributed by atoms with Gasteiger partial charge in [-0.2, -0.15) is 5.26 Å². The van der Waals surface area contributed by atoms with Crippen molar-refractivity contribution in [1.82, 2.24) is 0 Å². The molecule has 0 saturated heterocycles. The first-order valence-corrected chi connectivity index (χ1v) is 9.39. The van der Waals surface area contributed by atoms with E-state index in [2.05, 4.69) is 5.32 Å². The topological polar surface area (TPSA) is 105 Å². The maximum absolute atomic E-state index is 12.5. The molecule has 0 unspecified atom stereocenters. The number of ketones is 1. The van der Waals surface area contributed by atoms with E-state index >= 15 is 0 Å². The summed E-state index contributed by atoms with van der Waals surface area (Å²) in [7, 11) is 0. The van der Waals surface area contributed by atoms with Gasteiger partial charge in [0, 0.05) is 16.7 Å². The molecule has 0 radical (unpaired) electrons. The van der Waals surface area contributed by atoms with Crippen LogP contribution in [0.1, 0.15) is 43.6 Å². The van der Waals surface area contributed by atoms with Crippen molar-refractivity contribution in [2.75, 3.05) is 11.9 Å². The van der Waals surface area contributed by atoms with Gasteiger partial charge in [-0.1, -0.05) is 32.9 Å². The Morgan fingerprint density at radius 1 is 1.07 bits per heavy atom. The molecule has 1 atom stereocenters. The van der Waals surface area contributed by atoms with E-state index in [4.69, 9.17) is 14.7 Å². The zero-order chi connectivity index (χ0) is 22.3. The third-order valence-corrected chi connectivity index (χ3v) is 4.14. The third kappa shape index (κ3) is 6.17. The first kappa shape index (κ1) is 22.6. The predicted octanol–water partition coefficient (Wildman–Crippen LogP) is 3.74. The van der Waals surface area contributed by atoms with Gasteiger partial charge >= 0.3 is 5.97 Å². The largest absolute Gasteiger partial charge is 0.481 e. The summed E-state index contributed by atoms with van der Waals surface area (Å²) in [6.45, 7) is 6.46. The van der Waals surface area contributed by atoms with Crippen molar-refractivity contribution >= 4 is 23.3 Å². The number of nitrogens with zero attached hydrogens (tertiary/aromatic N) is 1. The quantitative estimate of drug-likeness (QED) is 0.553. The molecule has 2 rings (SSSR count). The van der Waals surface area contributed by atoms with Crippen LogP contribution in [0.25, 0.3) is 0 Å². The Bertz CT molecular complexity index is 968. The molecule has 0 aliphatic carbocycles. The Morgan fingerprint density at radius 3 is 2.30 bits per heavy atom. The molecule has 30 heavy (non-hydrogen) atoms. The summed E-state index contributed by atoms with van der Waals surface area (Å²) >= 11 is 0. The molecule has 7 heteroatoms. The summed E-state index contributed by atoms with van der Waals surface area (Å²) in [5.41, 5.74) is 0.682. The smallest absolute Gasteiger partial charge is 0.344 e. The number of benzene rings is 2. The summed E-state index contributed by atoms with van der Waals surface area (Å²) in [4.78, 5) is 36.5. The zero-order valence-electron chi connectivity index (χ0n) is 17.4. The van der Waals surface area contributed by atoms with Gasteiger partial charge in [0.05, 0.1) is 5.56 Å². The van der Waals surface area contributed by atoms with Gasteiger partial charge < -0.3 is 14.8 Å². The first-order chi connectivity index (χ1) is 14.1. The van der Waals surface area contributed by atoms with Gasteiger partial charge in [-0.3, -0.25) is 9.59 Å². The lowest BCUT2D eigenvalue weighted by Gasteiger charge is -2.18. The van der Waals surface area contributed by atoms with Crippen LogP contribution in [-0.4, -0.2) is 30.4 Å². The summed E-state index contributed by atoms with van der Waals surface area (Å²) < 4.78 is 10.4. The van der Waals surface area contributed by atoms with Gasteiger partial charge in [0.2, 0.25) is 11.7 Å². The highest BCUT2D eigenvalue weighted by molar-refractivity contribution is 6.01. The minimum absolute atomic E-state index is 0.137. The average Bonchev–Trinajstić information content (AvgIpc) is 2.71. The van der Waals surface area contributed by atoms with E-state index in [1.165, 1.54) is 6.92 Å². The molecule has 0 heterocycles. The number of carbonyl (C=O) groups is 3. The van der Waals surface area contributed by atoms with E-state index in [-0.39, 0.29) is 17.4 Å². The molecule has 1 N–H and O–H groups in total. The summed E-state index contributed by atoms with van der Waals surface area (Å²) in [5.74, 6) is -0.974. The Morgan fingerprint density at radius 2 is 1.70 bits per heavy atom. The first-order valence-electron chi connectivity index (χ1n) is 9.39. The van der Waals surface area contributed by atoms with Gasteiger partial charge in [-0.05, 0) is 43.3 Å². The van der Waals surface area contributed by atoms with E-state index in [0.717, 1.165) is 0 Å². The molecule has 2 aromatic carbocycles. The number of hydrogen-bond donors (Lipinski definition) is 1. The van der Waals surface area contributed by atoms with Crippen molar-refractivity contribution < 1.29 is 23.9 Å². The second-order valence-electron chi connectivity index (χ2n) is 7.67. The van der Waals surface area contributed by atoms with E-state index in [9.17, 15) is 14.4 Å². The van der Waals surface area contributed by atoms with Gasteiger partial charge in [0.15, 0.2) is 12.7 Å². The highest BCUT2D eigenvalue weighted by Crippen LogP contribution is 2.19. The zero-order valence-corrected chi connectivity index (χ0v) is 17.4. The standard InChI is InChI=1S/C23H24N2O5/c1-15(30-20(26)14-29-19-8-6-5-7-17(19)13-24)21(27)16-9-11-18(12-10-16)25-22(28)23(2,3)4/h5-12,15H,14H2,1-4H3,(H,25,28)/t15-/m0/s1. The number of anilines is 1. The van der Waals surface area contributed by atoms with Crippen LogP contribution in [-0.2, 0) is 14.3 Å². The van der Waals surface area contributed by atoms with Crippen molar-refractivity contribution in [3.63, 3.8) is 0 Å². The van der Waals surface area contributed by atoms with Crippen LogP contribution < -0.4 is 10.1 Å². The van der Waals surface area contributed by atoms with E-state index in [1.807, 2.05) is 6.07 Å². The summed E-state index contributed by atoms with van der Waals surface area (Å²) in [6.07, 6.45) is -1.01. The van der Waals surface area contributed by atoms with Crippen LogP contribution in [0, 0.1) is 16.7 Å². The molecule has 0 bridgehead atoms. The number of amides is 1. The number of nitriles is 1. The van der Waals surface area contributed by atoms with Crippen LogP contribution in [0.15, 0.2) is 48.5 Å². The Balaban J connectivity index is 1.91. The highest BCUT2D eigenvalue weighted by Gasteiger charge is 2.22. The SMILES string of the molecule is C[C@H](OC(=O)COc1ccccc1C#N)C(=O)c1ccc(NC(=O)C(C)(C)C)cc1. The minimum Gasteiger partial charge on any atom is -0.481 e. The van der Waals surface area contributed by atoms with Crippen LogP contribution in [0.5, 0.6) is 5.75 Å². The van der Waals surface area contributed by atoms with E-state index < -0.39 is 24.1 Å². The fourth-order valence-corrected chi connectivity index (χ4v) is 2.38. The van der Waals surface area contributed by atoms with Gasteiger partial charge in [-0.15, -0.1) is 0 Å². The lowest BCUT2D eigenvalue weighted by Crippen LogP contribution is -2.28. The molecule has 1 amide bonds. The monoisotopic (exact) mass is 408 g/mol. The Hall–Kier alpha value is -3.66. The van der Waals surface area contributed by atoms with Gasteiger partial charge in [-0.25, -0.2) is 4.79 Å². The van der Waals surface area contributed by atoms with Crippen LogP contribution in [0.2, 0.25) is 0 Å². The van der Waals surface area contributed by atoms with Gasteiger partial charge in [0.25, 0.3) is 0 Å². The molecular formula is C23H24N2O5. The molecular weight excluding hydrogens is 384 g/mol. The number of carbonyl (C=O) groups excluding carboxylic acids is 3. The Kier molecular flexibility index (Phi) is 7.32. The van der Waals surface area contributed by atoms with Crippen molar-refractivity contribution in [3.8, 4) is 11.8 Å². The lowest BCUT2D eigenvalue weighted by molar-refractivity contribution is -0.148. The van der Waals surface area contributed by atoms with Crippen molar-refractivity contribution in [1.29, 1.82) is 5.26 Å². The second-order valence-corrected chi connectivity index (χ2v) is 7.67. The number of hydrogen-bond acceptors (Lipinski definition) is 6. The van der Waals surface area contributed by atoms with Gasteiger partial charge in [0.1, 0.15) is 11.8 Å². The van der Waals surface area contributed by atoms with Crippen molar-refractivity contribution in [2.45, 2.75) is 33.8 Å². The molecule has 7 nitrogen and oxygen atoms in total. The molecule has 0 aliphatic rings. The number of esters is 1. The van der Waals surface area contributed by atoms with Crippen LogP contribution >= 0.6 is 0 Å². The maximum Gasteiger partial charge on any atom is 0.344 e. The molecule has 0 aliphatic heterocycles. The van der Waals surface area contributed by atoms with Crippen molar-refractivity contribution in [2.24, 2.45) is 5.41 Å². The van der Waals surface area contributed by atoms with Crippen LogP contribution in [0.4, 0.5) is 5.69 Å². The minimum atomic E-state index is -1.01. The molecule has 0 fully saturated rings. The normalized spacial score (nSPS) is 11.7. The lowest BCUT2D eigenvalue weighted by atomic mass is 9.95. The second kappa shape index (κ2) is 9.70. The predicted molar refractivity (Wildman–Crippen MR) is 111 cm³/mol. The molecule has 156 valence electrons. The Labute approximate surface area is 175 Å². The number of Topliss-reactive ketones (excluding diaryl/α,β-unsaturated/α-hetero) is 1. The number of ether oxygens (including phenoxy) is 2. The fraction of sp³-hybridized carbons (Fsp3) is 0.304. The number of nitrogens with one attached hydrogen (secondary N) is 1. The maximum atomic E-state index is 12.5.